The smallest absolute Gasteiger partial charge is 0.295 e. The van der Waals surface area contributed by atoms with Gasteiger partial charge in [-0.25, -0.2) is 9.10 Å². The Labute approximate surface area is 134 Å². The Morgan fingerprint density at radius 2 is 2.15 bits per heavy atom. The fourth-order valence-electron chi connectivity index (χ4n) is 1.24. The second-order valence-electron chi connectivity index (χ2n) is 4.24. The summed E-state index contributed by atoms with van der Waals surface area (Å²) in [6.45, 7) is 3.45. The Hall–Kier alpha value is -0.380. The Balaban J connectivity index is 2.65. The first-order chi connectivity index (χ1) is 8.94. The molecule has 20 heavy (non-hydrogen) atoms. The van der Waals surface area contributed by atoms with Crippen LogP contribution >= 0.6 is 46.9 Å². The van der Waals surface area contributed by atoms with Crippen molar-refractivity contribution >= 4 is 64.1 Å². The first kappa shape index (κ1) is 17.7. The van der Waals surface area contributed by atoms with Crippen LogP contribution in [0.4, 0.5) is 9.18 Å². The van der Waals surface area contributed by atoms with Crippen molar-refractivity contribution < 1.29 is 18.8 Å². The zero-order valence-corrected chi connectivity index (χ0v) is 14.2. The number of alkyl halides is 3. The van der Waals surface area contributed by atoms with Crippen LogP contribution in [0.5, 0.6) is 0 Å². The number of carbonyl (C=O) groups excluding carboxylic acids is 2. The molecule has 11 heteroatoms. The summed E-state index contributed by atoms with van der Waals surface area (Å²) < 4.78 is 10.3. The van der Waals surface area contributed by atoms with E-state index in [1.54, 1.807) is 13.8 Å². The van der Waals surface area contributed by atoms with E-state index < -0.39 is 14.8 Å². The Kier molecular flexibility index (Phi) is 5.45. The average Bonchev–Trinajstić information content (AvgIpc) is 2.47. The number of thioether (sulfide) groups is 1. The third-order valence-corrected chi connectivity index (χ3v) is 4.41. The molecule has 0 aromatic rings. The van der Waals surface area contributed by atoms with E-state index in [0.29, 0.717) is 0 Å². The third kappa shape index (κ3) is 4.57. The number of oxime groups is 1. The van der Waals surface area contributed by atoms with Crippen LogP contribution in [0.2, 0.25) is 0 Å². The molecule has 1 heterocycles. The van der Waals surface area contributed by atoms with Gasteiger partial charge in [-0.05, 0) is 19.0 Å². The summed E-state index contributed by atoms with van der Waals surface area (Å²) >= 11 is 11.6. The lowest BCUT2D eigenvalue weighted by atomic mass is 10.2. The van der Waals surface area contributed by atoms with Gasteiger partial charge in [0.25, 0.3) is 0 Å². The van der Waals surface area contributed by atoms with Crippen LogP contribution in [0.1, 0.15) is 13.8 Å². The maximum atomic E-state index is 12.9. The third-order valence-electron chi connectivity index (χ3n) is 2.15. The van der Waals surface area contributed by atoms with E-state index in [1.807, 2.05) is 0 Å². The highest BCUT2D eigenvalue weighted by Crippen LogP contribution is 2.38. The van der Waals surface area contributed by atoms with Crippen LogP contribution in [0.15, 0.2) is 5.16 Å². The van der Waals surface area contributed by atoms with E-state index in [-0.39, 0.29) is 23.0 Å². The summed E-state index contributed by atoms with van der Waals surface area (Å²) in [5.74, 6) is -0.163. The molecule has 1 aliphatic rings. The molecule has 0 atom stereocenters. The van der Waals surface area contributed by atoms with Crippen LogP contribution in [0, 0.1) is 0 Å². The zero-order valence-electron chi connectivity index (χ0n) is 11.0. The largest absolute Gasteiger partial charge is 0.446 e. The van der Waals surface area contributed by atoms with Gasteiger partial charge in [0.15, 0.2) is 0 Å². The molecule has 1 rings (SSSR count). The van der Waals surface area contributed by atoms with Crippen LogP contribution in [0.3, 0.4) is 0 Å². The minimum atomic E-state index is -2.65. The van der Waals surface area contributed by atoms with Crippen molar-refractivity contribution in [1.82, 2.24) is 9.21 Å². The summed E-state index contributed by atoms with van der Waals surface area (Å²) in [6.07, 6.45) is -0.975. The van der Waals surface area contributed by atoms with Gasteiger partial charge in [-0.1, -0.05) is 35.0 Å². The fraction of sp³-hybridized carbons (Fsp3) is 0.667. The Morgan fingerprint density at radius 1 is 1.60 bits per heavy atom. The van der Waals surface area contributed by atoms with Crippen molar-refractivity contribution in [3.8, 4) is 0 Å². The maximum absolute atomic E-state index is 12.9. The van der Waals surface area contributed by atoms with Crippen molar-refractivity contribution in [2.45, 2.75) is 22.5 Å². The topological polar surface area (TPSA) is 62.2 Å². The van der Waals surface area contributed by atoms with E-state index >= 15 is 0 Å². The second-order valence-corrected chi connectivity index (χ2v) is 8.81. The average molecular weight is 364 g/mol. The normalized spacial score (nSPS) is 20.4. The van der Waals surface area contributed by atoms with Gasteiger partial charge in [-0.15, -0.1) is 0 Å². The van der Waals surface area contributed by atoms with Crippen molar-refractivity contribution in [1.29, 1.82) is 0 Å². The van der Waals surface area contributed by atoms with Gasteiger partial charge < -0.3 is 0 Å². The summed E-state index contributed by atoms with van der Waals surface area (Å²) in [4.78, 5) is 29.2. The first-order valence-electron chi connectivity index (χ1n) is 5.20. The van der Waals surface area contributed by atoms with Crippen LogP contribution < -0.4 is 0 Å². The zero-order chi connectivity index (χ0) is 15.7. The number of halogens is 3. The van der Waals surface area contributed by atoms with Gasteiger partial charge >= 0.3 is 10.0 Å². The summed E-state index contributed by atoms with van der Waals surface area (Å²) in [5.41, 5.74) is 0. The molecule has 0 aromatic carbocycles. The quantitative estimate of drug-likeness (QED) is 0.333. The van der Waals surface area contributed by atoms with Crippen molar-refractivity contribution in [3.05, 3.63) is 0 Å². The number of amides is 2. The molecule has 6 nitrogen and oxygen atoms in total. The maximum Gasteiger partial charge on any atom is 0.446 e. The number of hydrogen-bond donors (Lipinski definition) is 0. The summed E-state index contributed by atoms with van der Waals surface area (Å²) in [7, 11) is 2.73. The lowest BCUT2D eigenvalue weighted by Crippen LogP contribution is -2.33. The lowest BCUT2D eigenvalue weighted by molar-refractivity contribution is -0.127. The van der Waals surface area contributed by atoms with Crippen molar-refractivity contribution in [2.24, 2.45) is 5.16 Å². The van der Waals surface area contributed by atoms with Crippen LogP contribution in [-0.4, -0.2) is 49.1 Å². The summed E-state index contributed by atoms with van der Waals surface area (Å²) in [5, 5.41) is 3.80. The van der Waals surface area contributed by atoms with E-state index in [0.717, 1.165) is 16.1 Å². The Bertz CT molecular complexity index is 456. The lowest BCUT2D eigenvalue weighted by Gasteiger charge is -2.17. The molecule has 114 valence electrons. The molecule has 2 amide bonds. The van der Waals surface area contributed by atoms with Crippen molar-refractivity contribution in [2.75, 3.05) is 14.1 Å². The minimum Gasteiger partial charge on any atom is -0.295 e. The van der Waals surface area contributed by atoms with E-state index in [1.165, 1.54) is 19.0 Å². The van der Waals surface area contributed by atoms with Gasteiger partial charge in [-0.3, -0.25) is 14.5 Å². The molecule has 0 aromatic heterocycles. The van der Waals surface area contributed by atoms with Crippen molar-refractivity contribution in [3.63, 3.8) is 0 Å². The molecule has 0 unspecified atom stereocenters. The molecular weight excluding hydrogens is 352 g/mol. The Morgan fingerprint density at radius 3 is 2.55 bits per heavy atom. The van der Waals surface area contributed by atoms with E-state index in [2.05, 4.69) is 9.99 Å². The van der Waals surface area contributed by atoms with E-state index in [4.69, 9.17) is 23.2 Å². The fourth-order valence-corrected chi connectivity index (χ4v) is 3.25. The highest BCUT2D eigenvalue weighted by molar-refractivity contribution is 8.16. The van der Waals surface area contributed by atoms with Gasteiger partial charge in [0, 0.05) is 26.0 Å². The van der Waals surface area contributed by atoms with Crippen LogP contribution in [0.25, 0.3) is 0 Å². The molecule has 1 saturated heterocycles. The molecule has 1 fully saturated rings. The SMILES string of the molecule is CN(SC(F)(Cl)Cl)C(=O)ON=C1SC(C)(C)C(=O)N1C. The molecule has 1 aliphatic heterocycles. The molecule has 0 N–H and O–H groups in total. The number of rotatable bonds is 3. The number of nitrogens with zero attached hydrogens (tertiary/aromatic N) is 3. The number of carbonyl (C=O) groups is 2. The standard InChI is InChI=1S/C9H12Cl2FN3O3S2/c1-8(2)5(16)14(3)6(19-8)13-18-7(17)15(4)20-9(10,11)12/h1-4H3. The molecule has 0 saturated carbocycles. The molecular formula is C9H12Cl2FN3O3S2. The molecule has 0 aliphatic carbocycles. The molecule has 0 bridgehead atoms. The number of amidine groups is 1. The predicted octanol–water partition coefficient (Wildman–Crippen LogP) is 3.02. The number of hydrogen-bond acceptors (Lipinski definition) is 6. The second kappa shape index (κ2) is 6.17. The first-order valence-corrected chi connectivity index (χ1v) is 7.54. The minimum absolute atomic E-state index is 0.163. The molecule has 0 spiro atoms. The highest BCUT2D eigenvalue weighted by atomic mass is 35.5. The van der Waals surface area contributed by atoms with Gasteiger partial charge in [0.2, 0.25) is 11.1 Å². The monoisotopic (exact) mass is 363 g/mol. The van der Waals surface area contributed by atoms with Gasteiger partial charge in [0.1, 0.15) is 0 Å². The van der Waals surface area contributed by atoms with Gasteiger partial charge in [0.05, 0.1) is 4.75 Å². The van der Waals surface area contributed by atoms with Crippen LogP contribution in [-0.2, 0) is 9.63 Å². The summed E-state index contributed by atoms with van der Waals surface area (Å²) in [6, 6.07) is 0. The van der Waals surface area contributed by atoms with Gasteiger partial charge in [-0.2, -0.15) is 4.39 Å². The highest BCUT2D eigenvalue weighted by Gasteiger charge is 2.43. The predicted molar refractivity (Wildman–Crippen MR) is 79.3 cm³/mol. The molecule has 0 radical (unpaired) electrons. The van der Waals surface area contributed by atoms with E-state index in [9.17, 15) is 14.0 Å².